The third-order valence-corrected chi connectivity index (χ3v) is 5.02. The van der Waals surface area contributed by atoms with E-state index >= 15 is 0 Å². The molecule has 104 valence electrons. The zero-order valence-corrected chi connectivity index (χ0v) is 13.9. The van der Waals surface area contributed by atoms with Crippen LogP contribution < -0.4 is 0 Å². The molecule has 1 fully saturated rings. The number of amides is 1. The molecule has 0 saturated carbocycles. The molecule has 1 atom stereocenters. The van der Waals surface area contributed by atoms with Gasteiger partial charge in [-0.3, -0.25) is 4.79 Å². The molecule has 19 heavy (non-hydrogen) atoms. The Bertz CT molecular complexity index is 471. The number of hydrogen-bond acceptors (Lipinski definition) is 1. The topological polar surface area (TPSA) is 20.3 Å². The molecule has 5 heteroatoms. The van der Waals surface area contributed by atoms with Crippen LogP contribution >= 0.6 is 31.9 Å². The van der Waals surface area contributed by atoms with Crippen LogP contribution in [0.25, 0.3) is 0 Å². The van der Waals surface area contributed by atoms with Crippen molar-refractivity contribution in [3.63, 3.8) is 0 Å². The molecule has 1 heterocycles. The van der Waals surface area contributed by atoms with Crippen molar-refractivity contribution < 1.29 is 9.18 Å². The summed E-state index contributed by atoms with van der Waals surface area (Å²) in [7, 11) is 0. The Morgan fingerprint density at radius 2 is 2.05 bits per heavy atom. The van der Waals surface area contributed by atoms with Gasteiger partial charge >= 0.3 is 0 Å². The lowest BCUT2D eigenvalue weighted by atomic mass is 9.94. The first-order valence-electron chi connectivity index (χ1n) is 6.38. The molecule has 0 N–H and O–H groups in total. The molecule has 1 aromatic rings. The molecule has 2 rings (SSSR count). The van der Waals surface area contributed by atoms with Crippen molar-refractivity contribution in [2.75, 3.05) is 13.1 Å². The van der Waals surface area contributed by atoms with Gasteiger partial charge in [-0.15, -0.1) is 0 Å². The van der Waals surface area contributed by atoms with Gasteiger partial charge in [0.1, 0.15) is 5.82 Å². The number of halogens is 3. The Kier molecular flexibility index (Phi) is 5.01. The van der Waals surface area contributed by atoms with Gasteiger partial charge in [0.15, 0.2) is 0 Å². The third kappa shape index (κ3) is 3.37. The Hall–Kier alpha value is -0.420. The normalized spacial score (nSPS) is 18.4. The molecule has 1 aliphatic rings. The Labute approximate surface area is 129 Å². The van der Waals surface area contributed by atoms with Crippen molar-refractivity contribution in [1.29, 1.82) is 0 Å². The molecule has 1 unspecified atom stereocenters. The quantitative estimate of drug-likeness (QED) is 0.690. The molecule has 0 bridgehead atoms. The van der Waals surface area contributed by atoms with Gasteiger partial charge in [0.25, 0.3) is 5.91 Å². The number of hydrogen-bond donors (Lipinski definition) is 0. The van der Waals surface area contributed by atoms with E-state index in [9.17, 15) is 9.18 Å². The van der Waals surface area contributed by atoms with Crippen LogP contribution in [0.2, 0.25) is 0 Å². The van der Waals surface area contributed by atoms with E-state index in [2.05, 4.69) is 38.8 Å². The molecular weight excluding hydrogens is 377 g/mol. The van der Waals surface area contributed by atoms with Crippen LogP contribution in [-0.4, -0.2) is 28.7 Å². The largest absolute Gasteiger partial charge is 0.339 e. The second-order valence-corrected chi connectivity index (χ2v) is 7.21. The minimum absolute atomic E-state index is 0.153. The maximum absolute atomic E-state index is 13.9. The fourth-order valence-corrected chi connectivity index (χ4v) is 3.30. The average Bonchev–Trinajstić information content (AvgIpc) is 2.41. The number of nitrogens with zero attached hydrogens (tertiary/aromatic N) is 1. The van der Waals surface area contributed by atoms with Gasteiger partial charge in [-0.1, -0.05) is 28.9 Å². The zero-order valence-electron chi connectivity index (χ0n) is 10.7. The van der Waals surface area contributed by atoms with Crippen LogP contribution in [0.1, 0.15) is 30.1 Å². The minimum atomic E-state index is -0.469. The first-order chi connectivity index (χ1) is 9.00. The number of likely N-dealkylation sites (tertiary alicyclic amines) is 1. The first kappa shape index (κ1) is 15.0. The maximum Gasteiger partial charge on any atom is 0.256 e. The highest BCUT2D eigenvalue weighted by Gasteiger charge is 2.27. The minimum Gasteiger partial charge on any atom is -0.339 e. The zero-order chi connectivity index (χ0) is 14.0. The summed E-state index contributed by atoms with van der Waals surface area (Å²) in [5.41, 5.74) is 0.153. The molecule has 0 aromatic heterocycles. The molecule has 0 aliphatic carbocycles. The van der Waals surface area contributed by atoms with Crippen LogP contribution in [0.5, 0.6) is 0 Å². The second-order valence-electron chi connectivity index (χ2n) is 4.91. The molecule has 1 saturated heterocycles. The predicted octanol–water partition coefficient (Wildman–Crippen LogP) is 4.22. The van der Waals surface area contributed by atoms with Crippen molar-refractivity contribution in [3.05, 3.63) is 34.1 Å². The summed E-state index contributed by atoms with van der Waals surface area (Å²) in [6, 6.07) is 4.83. The van der Waals surface area contributed by atoms with Gasteiger partial charge in [0.2, 0.25) is 0 Å². The number of piperidine rings is 1. The summed E-state index contributed by atoms with van der Waals surface area (Å²) in [4.78, 5) is 14.5. The Morgan fingerprint density at radius 1 is 1.42 bits per heavy atom. The van der Waals surface area contributed by atoms with Crippen molar-refractivity contribution >= 4 is 37.8 Å². The molecule has 1 amide bonds. The standard InChI is InChI=1S/C14H16Br2FNO/c1-9(15)10-5-7-18(8-6-10)14(19)11-3-2-4-12(16)13(11)17/h2-4,9-10H,5-8H2,1H3. The first-order valence-corrected chi connectivity index (χ1v) is 8.09. The molecular formula is C14H16Br2FNO. The van der Waals surface area contributed by atoms with Gasteiger partial charge in [-0.25, -0.2) is 4.39 Å². The summed E-state index contributed by atoms with van der Waals surface area (Å²) in [5, 5.41) is 0. The number of carbonyl (C=O) groups excluding carboxylic acids is 1. The van der Waals surface area contributed by atoms with Gasteiger partial charge in [-0.05, 0) is 46.8 Å². The van der Waals surface area contributed by atoms with E-state index in [0.717, 1.165) is 12.8 Å². The lowest BCUT2D eigenvalue weighted by Crippen LogP contribution is -2.40. The maximum atomic E-state index is 13.9. The van der Waals surface area contributed by atoms with Crippen LogP contribution in [0, 0.1) is 11.7 Å². The van der Waals surface area contributed by atoms with Gasteiger partial charge in [0.05, 0.1) is 10.0 Å². The predicted molar refractivity (Wildman–Crippen MR) is 81.1 cm³/mol. The summed E-state index contributed by atoms with van der Waals surface area (Å²) < 4.78 is 14.2. The van der Waals surface area contributed by atoms with E-state index in [4.69, 9.17) is 0 Å². The highest BCUT2D eigenvalue weighted by molar-refractivity contribution is 9.10. The van der Waals surface area contributed by atoms with E-state index in [1.807, 2.05) is 0 Å². The molecule has 1 aliphatic heterocycles. The van der Waals surface area contributed by atoms with E-state index in [0.29, 0.717) is 28.3 Å². The monoisotopic (exact) mass is 391 g/mol. The van der Waals surface area contributed by atoms with Crippen LogP contribution in [0.4, 0.5) is 4.39 Å². The van der Waals surface area contributed by atoms with Gasteiger partial charge < -0.3 is 4.90 Å². The average molecular weight is 393 g/mol. The van der Waals surface area contributed by atoms with Crippen LogP contribution in [0.3, 0.4) is 0 Å². The van der Waals surface area contributed by atoms with Crippen LogP contribution in [-0.2, 0) is 0 Å². The molecule has 1 aromatic carbocycles. The Morgan fingerprint density at radius 3 is 2.63 bits per heavy atom. The summed E-state index contributed by atoms with van der Waals surface area (Å²) >= 11 is 6.70. The van der Waals surface area contributed by atoms with E-state index in [1.165, 1.54) is 0 Å². The van der Waals surface area contributed by atoms with E-state index in [-0.39, 0.29) is 11.5 Å². The van der Waals surface area contributed by atoms with Gasteiger partial charge in [-0.2, -0.15) is 0 Å². The van der Waals surface area contributed by atoms with Crippen molar-refractivity contribution in [1.82, 2.24) is 4.90 Å². The summed E-state index contributed by atoms with van der Waals surface area (Å²) in [5.74, 6) is -0.0839. The van der Waals surface area contributed by atoms with Crippen molar-refractivity contribution in [3.8, 4) is 0 Å². The van der Waals surface area contributed by atoms with Crippen LogP contribution in [0.15, 0.2) is 22.7 Å². The highest BCUT2D eigenvalue weighted by Crippen LogP contribution is 2.27. The summed E-state index contributed by atoms with van der Waals surface area (Å²) in [6.45, 7) is 3.53. The number of benzene rings is 1. The third-order valence-electron chi connectivity index (χ3n) is 3.66. The van der Waals surface area contributed by atoms with Crippen molar-refractivity contribution in [2.24, 2.45) is 5.92 Å². The van der Waals surface area contributed by atoms with Gasteiger partial charge in [0, 0.05) is 17.9 Å². The molecule has 0 radical (unpaired) electrons. The highest BCUT2D eigenvalue weighted by atomic mass is 79.9. The molecule has 0 spiro atoms. The second kappa shape index (κ2) is 6.35. The van der Waals surface area contributed by atoms with E-state index in [1.54, 1.807) is 23.1 Å². The fraction of sp³-hybridized carbons (Fsp3) is 0.500. The van der Waals surface area contributed by atoms with E-state index < -0.39 is 5.82 Å². The summed E-state index contributed by atoms with van der Waals surface area (Å²) in [6.07, 6.45) is 1.93. The number of rotatable bonds is 2. The lowest BCUT2D eigenvalue weighted by molar-refractivity contribution is 0.0686. The Balaban J connectivity index is 2.07. The fourth-order valence-electron chi connectivity index (χ4n) is 2.40. The smallest absolute Gasteiger partial charge is 0.256 e. The SMILES string of the molecule is CC(Br)C1CCN(C(=O)c2cccc(Br)c2F)CC1. The number of alkyl halides is 1. The van der Waals surface area contributed by atoms with Crippen molar-refractivity contribution in [2.45, 2.75) is 24.6 Å². The lowest BCUT2D eigenvalue weighted by Gasteiger charge is -2.33. The number of carbonyl (C=O) groups is 1. The molecule has 2 nitrogen and oxygen atoms in total.